The van der Waals surface area contributed by atoms with Crippen molar-refractivity contribution in [3.63, 3.8) is 0 Å². The third-order valence-corrected chi connectivity index (χ3v) is 10.8. The summed E-state index contributed by atoms with van der Waals surface area (Å²) in [4.78, 5) is 5.16. The maximum Gasteiger partial charge on any atom is 0.151 e. The monoisotopic (exact) mass is 433 g/mol. The van der Waals surface area contributed by atoms with Crippen molar-refractivity contribution in [3.05, 3.63) is 60.7 Å². The molecule has 0 radical (unpaired) electrons. The summed E-state index contributed by atoms with van der Waals surface area (Å²) in [5, 5.41) is 3.06. The second kappa shape index (κ2) is 9.55. The highest BCUT2D eigenvalue weighted by Gasteiger charge is 2.48. The van der Waals surface area contributed by atoms with Gasteiger partial charge in [-0.25, -0.2) is 0 Å². The smallest absolute Gasteiger partial charge is 0.151 e. The van der Waals surface area contributed by atoms with Crippen LogP contribution in [0.1, 0.15) is 52.4 Å². The van der Waals surface area contributed by atoms with Crippen LogP contribution in [0.2, 0.25) is 0 Å². The maximum atomic E-state index is 6.14. The zero-order valence-electron chi connectivity index (χ0n) is 19.0. The van der Waals surface area contributed by atoms with Crippen LogP contribution in [0.5, 0.6) is 0 Å². The number of hydrogen-bond acceptors (Lipinski definition) is 2. The number of benzene rings is 2. The van der Waals surface area contributed by atoms with Gasteiger partial charge >= 0.3 is 0 Å². The van der Waals surface area contributed by atoms with Gasteiger partial charge in [0.2, 0.25) is 0 Å². The highest BCUT2D eigenvalue weighted by Crippen LogP contribution is 2.57. The zero-order chi connectivity index (χ0) is 21.2. The Kier molecular flexibility index (Phi) is 6.58. The van der Waals surface area contributed by atoms with E-state index in [0.29, 0.717) is 17.5 Å². The molecule has 4 atom stereocenters. The molecule has 1 heterocycles. The average Bonchev–Trinajstić information content (AvgIpc) is 3.56. The second-order valence-corrected chi connectivity index (χ2v) is 12.4. The van der Waals surface area contributed by atoms with Crippen LogP contribution in [-0.2, 0) is 4.74 Å². The normalized spacial score (nSPS) is 29.2. The van der Waals surface area contributed by atoms with Gasteiger partial charge in [0.15, 0.2) is 6.23 Å². The molecule has 2 aliphatic carbocycles. The number of nitrogens with zero attached hydrogens (tertiary/aromatic N) is 1. The van der Waals surface area contributed by atoms with E-state index in [4.69, 9.17) is 9.73 Å². The van der Waals surface area contributed by atoms with Gasteiger partial charge < -0.3 is 4.74 Å². The lowest BCUT2D eigenvalue weighted by Crippen LogP contribution is -2.35. The first-order valence-electron chi connectivity index (χ1n) is 12.3. The minimum atomic E-state index is -0.429. The summed E-state index contributed by atoms with van der Waals surface area (Å²) in [7, 11) is -0.429. The van der Waals surface area contributed by atoms with Gasteiger partial charge in [-0.05, 0) is 54.8 Å². The van der Waals surface area contributed by atoms with E-state index in [1.165, 1.54) is 54.8 Å². The molecule has 164 valence electrons. The first-order valence-corrected chi connectivity index (χ1v) is 13.7. The summed E-state index contributed by atoms with van der Waals surface area (Å²) in [6.07, 6.45) is 8.41. The Bertz CT molecular complexity index is 835. The zero-order valence-corrected chi connectivity index (χ0v) is 19.9. The summed E-state index contributed by atoms with van der Waals surface area (Å²) in [5.74, 6) is 2.74. The van der Waals surface area contributed by atoms with Crippen LogP contribution in [-0.4, -0.2) is 24.2 Å². The fourth-order valence-electron chi connectivity index (χ4n) is 6.27. The van der Waals surface area contributed by atoms with E-state index < -0.39 is 7.92 Å². The van der Waals surface area contributed by atoms with E-state index in [1.807, 2.05) is 0 Å². The van der Waals surface area contributed by atoms with Gasteiger partial charge in [-0.15, -0.1) is 0 Å². The van der Waals surface area contributed by atoms with Crippen LogP contribution in [0, 0.1) is 23.7 Å². The second-order valence-electron chi connectivity index (χ2n) is 9.99. The Balaban J connectivity index is 1.57. The van der Waals surface area contributed by atoms with E-state index in [0.717, 1.165) is 18.4 Å². The number of rotatable bonds is 6. The van der Waals surface area contributed by atoms with Gasteiger partial charge in [-0.3, -0.25) is 4.99 Å². The molecule has 31 heavy (non-hydrogen) atoms. The summed E-state index contributed by atoms with van der Waals surface area (Å²) >= 11 is 0. The van der Waals surface area contributed by atoms with E-state index in [9.17, 15) is 0 Å². The van der Waals surface area contributed by atoms with Gasteiger partial charge in [0.05, 0.1) is 6.61 Å². The minimum Gasteiger partial charge on any atom is -0.350 e. The molecule has 3 heteroatoms. The lowest BCUT2D eigenvalue weighted by atomic mass is 9.87. The lowest BCUT2D eigenvalue weighted by molar-refractivity contribution is 0.0725. The highest BCUT2D eigenvalue weighted by molar-refractivity contribution is 7.73. The van der Waals surface area contributed by atoms with Gasteiger partial charge in [-0.1, -0.05) is 100 Å². The van der Waals surface area contributed by atoms with Crippen LogP contribution in [0.4, 0.5) is 0 Å². The molecule has 0 N–H and O–H groups in total. The van der Waals surface area contributed by atoms with Crippen LogP contribution < -0.4 is 10.6 Å². The fourth-order valence-corrected chi connectivity index (χ4v) is 9.70. The first-order chi connectivity index (χ1) is 15.2. The van der Waals surface area contributed by atoms with Gasteiger partial charge in [0, 0.05) is 11.6 Å². The maximum absolute atomic E-state index is 6.14. The van der Waals surface area contributed by atoms with Crippen LogP contribution in [0.3, 0.4) is 0 Å². The van der Waals surface area contributed by atoms with Crippen molar-refractivity contribution in [1.29, 1.82) is 0 Å². The highest BCUT2D eigenvalue weighted by atomic mass is 31.1. The molecule has 0 amide bonds. The number of aliphatic imine (C=N–C) groups is 1. The lowest BCUT2D eigenvalue weighted by Gasteiger charge is -2.36. The Morgan fingerprint density at radius 2 is 1.45 bits per heavy atom. The van der Waals surface area contributed by atoms with Crippen molar-refractivity contribution in [3.8, 4) is 0 Å². The molecule has 3 aliphatic rings. The predicted molar refractivity (Wildman–Crippen MR) is 133 cm³/mol. The molecule has 2 fully saturated rings. The van der Waals surface area contributed by atoms with Crippen LogP contribution in [0.15, 0.2) is 65.7 Å². The van der Waals surface area contributed by atoms with Crippen LogP contribution in [0.25, 0.3) is 0 Å². The molecule has 0 bridgehead atoms. The largest absolute Gasteiger partial charge is 0.350 e. The Labute approximate surface area is 189 Å². The molecule has 0 saturated heterocycles. The van der Waals surface area contributed by atoms with Gasteiger partial charge in [0.1, 0.15) is 0 Å². The molecule has 3 unspecified atom stereocenters. The van der Waals surface area contributed by atoms with Gasteiger partial charge in [-0.2, -0.15) is 0 Å². The summed E-state index contributed by atoms with van der Waals surface area (Å²) < 4.78 is 6.14. The topological polar surface area (TPSA) is 21.6 Å². The van der Waals surface area contributed by atoms with Crippen molar-refractivity contribution < 1.29 is 4.74 Å². The van der Waals surface area contributed by atoms with E-state index in [1.54, 1.807) is 0 Å². The molecule has 2 aromatic carbocycles. The average molecular weight is 434 g/mol. The predicted octanol–water partition coefficient (Wildman–Crippen LogP) is 6.16. The van der Waals surface area contributed by atoms with Crippen molar-refractivity contribution in [2.45, 2.75) is 64.3 Å². The third-order valence-electron chi connectivity index (χ3n) is 7.73. The quantitative estimate of drug-likeness (QED) is 0.500. The molecule has 1 aliphatic heterocycles. The van der Waals surface area contributed by atoms with E-state index in [-0.39, 0.29) is 6.23 Å². The summed E-state index contributed by atoms with van der Waals surface area (Å²) in [6, 6.07) is 22.7. The fraction of sp³-hybridized carbons (Fsp3) is 0.536. The Hall–Kier alpha value is -1.50. The van der Waals surface area contributed by atoms with E-state index in [2.05, 4.69) is 74.5 Å². The molecular formula is C28H36NOP. The van der Waals surface area contributed by atoms with Crippen LogP contribution >= 0.6 is 7.92 Å². The number of ether oxygens (including phenoxy) is 1. The SMILES string of the molecule is CC(C)C1N=C(C2CCC(C3CCCC3)[C@H]2P(c2ccccc2)c2ccccc2)CO1. The molecule has 2 saturated carbocycles. The molecule has 0 spiro atoms. The number of hydrogen-bond donors (Lipinski definition) is 0. The summed E-state index contributed by atoms with van der Waals surface area (Å²) in [5.41, 5.74) is 2.04. The molecule has 0 aromatic heterocycles. The van der Waals surface area contributed by atoms with E-state index >= 15 is 0 Å². The van der Waals surface area contributed by atoms with Crippen molar-refractivity contribution in [2.75, 3.05) is 6.61 Å². The van der Waals surface area contributed by atoms with Gasteiger partial charge in [0.25, 0.3) is 0 Å². The Morgan fingerprint density at radius 1 is 0.839 bits per heavy atom. The first kappa shape index (κ1) is 21.4. The minimum absolute atomic E-state index is 0.0564. The standard InChI is InChI=1S/C28H36NOP/c1-20(2)28-29-26(19-30-28)25-18-17-24(21-11-9-10-12-21)27(25)31(22-13-5-3-6-14-22)23-15-7-4-8-16-23/h3-8,13-16,20-21,24-25,27-28H,9-12,17-19H2,1-2H3/t24?,25?,27-,28?/m1/s1. The van der Waals surface area contributed by atoms with Crippen molar-refractivity contribution in [1.82, 2.24) is 0 Å². The third kappa shape index (κ3) is 4.39. The Morgan fingerprint density at radius 3 is 2.00 bits per heavy atom. The molecule has 2 aromatic rings. The molecule has 5 rings (SSSR count). The molecule has 2 nitrogen and oxygen atoms in total. The van der Waals surface area contributed by atoms with Crippen molar-refractivity contribution >= 4 is 24.2 Å². The molecular weight excluding hydrogens is 397 g/mol. The van der Waals surface area contributed by atoms with Crippen molar-refractivity contribution in [2.24, 2.45) is 28.7 Å². The summed E-state index contributed by atoms with van der Waals surface area (Å²) in [6.45, 7) is 5.20.